The normalized spacial score (nSPS) is 14.8. The number of carbonyl (C=O) groups is 2. The Morgan fingerprint density at radius 3 is 2.44 bits per heavy atom. The quantitative estimate of drug-likeness (QED) is 0.900. The second-order valence-electron chi connectivity index (χ2n) is 5.96. The minimum atomic E-state index is -0.482. The van der Waals surface area contributed by atoms with Gasteiger partial charge in [-0.25, -0.2) is 4.79 Å². The molecule has 6 nitrogen and oxygen atoms in total. The molecule has 1 aliphatic rings. The van der Waals surface area contributed by atoms with Gasteiger partial charge in [-0.1, -0.05) is 24.3 Å². The van der Waals surface area contributed by atoms with Gasteiger partial charge >= 0.3 is 6.09 Å². The monoisotopic (exact) mass is 340 g/mol. The van der Waals surface area contributed by atoms with Crippen LogP contribution in [0.4, 0.5) is 4.79 Å². The molecule has 2 aromatic carbocycles. The molecule has 0 unspecified atom stereocenters. The van der Waals surface area contributed by atoms with Crippen LogP contribution in [0.2, 0.25) is 0 Å². The average molecular weight is 340 g/mol. The van der Waals surface area contributed by atoms with E-state index < -0.39 is 6.09 Å². The van der Waals surface area contributed by atoms with Crippen LogP contribution in [0, 0.1) is 0 Å². The molecule has 1 saturated heterocycles. The molecule has 0 bridgehead atoms. The Balaban J connectivity index is 1.48. The molecule has 1 aliphatic heterocycles. The number of aromatic hydroxyl groups is 1. The zero-order valence-corrected chi connectivity index (χ0v) is 13.7. The number of nitrogens with zero attached hydrogens (tertiary/aromatic N) is 1. The highest BCUT2D eigenvalue weighted by Gasteiger charge is 2.25. The molecule has 25 heavy (non-hydrogen) atoms. The first kappa shape index (κ1) is 16.8. The first-order valence-corrected chi connectivity index (χ1v) is 8.23. The number of likely N-dealkylation sites (tertiary alicyclic amines) is 1. The van der Waals surface area contributed by atoms with Crippen LogP contribution in [-0.4, -0.2) is 41.1 Å². The third-order valence-corrected chi connectivity index (χ3v) is 4.15. The van der Waals surface area contributed by atoms with E-state index in [0.29, 0.717) is 37.2 Å². The van der Waals surface area contributed by atoms with Crippen molar-refractivity contribution in [3.63, 3.8) is 0 Å². The summed E-state index contributed by atoms with van der Waals surface area (Å²) in [6.07, 6.45) is 0.840. The zero-order chi connectivity index (χ0) is 17.6. The molecule has 2 amide bonds. The minimum Gasteiger partial charge on any atom is -0.508 e. The van der Waals surface area contributed by atoms with Crippen molar-refractivity contribution < 1.29 is 19.4 Å². The van der Waals surface area contributed by atoms with Crippen LogP contribution in [0.15, 0.2) is 54.6 Å². The number of nitrogens with one attached hydrogen (secondary N) is 1. The Bertz CT molecular complexity index is 740. The van der Waals surface area contributed by atoms with Gasteiger partial charge in [0.05, 0.1) is 0 Å². The second kappa shape index (κ2) is 7.70. The van der Waals surface area contributed by atoms with Gasteiger partial charge in [0.15, 0.2) is 0 Å². The number of hydrogen-bond acceptors (Lipinski definition) is 4. The van der Waals surface area contributed by atoms with Gasteiger partial charge in [-0.05, 0) is 43.2 Å². The summed E-state index contributed by atoms with van der Waals surface area (Å²) >= 11 is 0. The fourth-order valence-electron chi connectivity index (χ4n) is 2.84. The van der Waals surface area contributed by atoms with Crippen molar-refractivity contribution in [1.29, 1.82) is 0 Å². The summed E-state index contributed by atoms with van der Waals surface area (Å²) < 4.78 is 5.22. The summed E-state index contributed by atoms with van der Waals surface area (Å²) in [5.41, 5.74) is 0.467. The third-order valence-electron chi connectivity index (χ3n) is 4.15. The number of hydrogen-bond donors (Lipinski definition) is 2. The molecule has 2 aromatic rings. The van der Waals surface area contributed by atoms with Gasteiger partial charge in [0.2, 0.25) is 0 Å². The van der Waals surface area contributed by atoms with Crippen molar-refractivity contribution >= 4 is 12.0 Å². The number of piperidine rings is 1. The SMILES string of the molecule is O=C(NC1CCN(C(=O)c2cccc(O)c2)CC1)Oc1ccccc1. The Hall–Kier alpha value is -3.02. The molecule has 130 valence electrons. The molecule has 0 aliphatic carbocycles. The first-order chi connectivity index (χ1) is 12.1. The van der Waals surface area contributed by atoms with E-state index in [1.165, 1.54) is 12.1 Å². The van der Waals surface area contributed by atoms with Crippen LogP contribution >= 0.6 is 0 Å². The molecular formula is C19H20N2O4. The maximum atomic E-state index is 12.4. The lowest BCUT2D eigenvalue weighted by Crippen LogP contribution is -2.47. The van der Waals surface area contributed by atoms with Crippen LogP contribution < -0.4 is 10.1 Å². The van der Waals surface area contributed by atoms with Crippen LogP contribution in [0.25, 0.3) is 0 Å². The van der Waals surface area contributed by atoms with Gasteiger partial charge in [0, 0.05) is 24.7 Å². The van der Waals surface area contributed by atoms with Crippen LogP contribution in [-0.2, 0) is 0 Å². The summed E-state index contributed by atoms with van der Waals surface area (Å²) in [7, 11) is 0. The highest BCUT2D eigenvalue weighted by molar-refractivity contribution is 5.94. The Morgan fingerprint density at radius 1 is 1.04 bits per heavy atom. The number of phenols is 1. The Kier molecular flexibility index (Phi) is 5.18. The molecule has 3 rings (SSSR count). The molecule has 6 heteroatoms. The summed E-state index contributed by atoms with van der Waals surface area (Å²) in [5, 5.41) is 12.3. The number of para-hydroxylation sites is 1. The summed E-state index contributed by atoms with van der Waals surface area (Å²) in [6, 6.07) is 15.2. The van der Waals surface area contributed by atoms with E-state index in [1.807, 2.05) is 6.07 Å². The molecular weight excluding hydrogens is 320 g/mol. The predicted octanol–water partition coefficient (Wildman–Crippen LogP) is 2.79. The standard InChI is InChI=1S/C19H20N2O4/c22-16-6-4-5-14(13-16)18(23)21-11-9-15(10-12-21)20-19(24)25-17-7-2-1-3-8-17/h1-8,13,15,22H,9-12H2,(H,20,24). The van der Waals surface area contributed by atoms with Gasteiger partial charge < -0.3 is 20.1 Å². The van der Waals surface area contributed by atoms with Crippen molar-refractivity contribution in [2.75, 3.05) is 13.1 Å². The van der Waals surface area contributed by atoms with E-state index in [1.54, 1.807) is 41.3 Å². The van der Waals surface area contributed by atoms with Crippen molar-refractivity contribution in [3.8, 4) is 11.5 Å². The highest BCUT2D eigenvalue weighted by atomic mass is 16.6. The largest absolute Gasteiger partial charge is 0.508 e. The number of benzene rings is 2. The zero-order valence-electron chi connectivity index (χ0n) is 13.7. The van der Waals surface area contributed by atoms with Gasteiger partial charge in [-0.15, -0.1) is 0 Å². The molecule has 1 heterocycles. The fourth-order valence-corrected chi connectivity index (χ4v) is 2.84. The summed E-state index contributed by atoms with van der Waals surface area (Å²) in [6.45, 7) is 1.09. The molecule has 1 fully saturated rings. The first-order valence-electron chi connectivity index (χ1n) is 8.23. The van der Waals surface area contributed by atoms with Gasteiger partial charge in [-0.2, -0.15) is 0 Å². The molecule has 2 N–H and O–H groups in total. The van der Waals surface area contributed by atoms with Crippen molar-refractivity contribution in [3.05, 3.63) is 60.2 Å². The van der Waals surface area contributed by atoms with E-state index >= 15 is 0 Å². The molecule has 0 saturated carbocycles. The predicted molar refractivity (Wildman–Crippen MR) is 92.6 cm³/mol. The number of phenolic OH excluding ortho intramolecular Hbond substituents is 1. The van der Waals surface area contributed by atoms with Gasteiger partial charge in [0.1, 0.15) is 11.5 Å². The number of amides is 2. The highest BCUT2D eigenvalue weighted by Crippen LogP contribution is 2.17. The molecule has 0 atom stereocenters. The number of rotatable bonds is 3. The van der Waals surface area contributed by atoms with E-state index in [2.05, 4.69) is 5.32 Å². The number of carbonyl (C=O) groups excluding carboxylic acids is 2. The molecule has 0 radical (unpaired) electrons. The van der Waals surface area contributed by atoms with Crippen molar-refractivity contribution in [2.45, 2.75) is 18.9 Å². The van der Waals surface area contributed by atoms with E-state index in [-0.39, 0.29) is 17.7 Å². The smallest absolute Gasteiger partial charge is 0.412 e. The van der Waals surface area contributed by atoms with Gasteiger partial charge in [-0.3, -0.25) is 4.79 Å². The van der Waals surface area contributed by atoms with Gasteiger partial charge in [0.25, 0.3) is 5.91 Å². The van der Waals surface area contributed by atoms with Crippen LogP contribution in [0.3, 0.4) is 0 Å². The second-order valence-corrected chi connectivity index (χ2v) is 5.96. The third kappa shape index (κ3) is 4.50. The lowest BCUT2D eigenvalue weighted by atomic mass is 10.0. The van der Waals surface area contributed by atoms with Crippen LogP contribution in [0.1, 0.15) is 23.2 Å². The molecule has 0 spiro atoms. The molecule has 0 aromatic heterocycles. The Morgan fingerprint density at radius 2 is 1.76 bits per heavy atom. The summed E-state index contributed by atoms with van der Waals surface area (Å²) in [4.78, 5) is 26.1. The lowest BCUT2D eigenvalue weighted by Gasteiger charge is -2.32. The summed E-state index contributed by atoms with van der Waals surface area (Å²) in [5.74, 6) is 0.462. The number of ether oxygens (including phenoxy) is 1. The average Bonchev–Trinajstić information content (AvgIpc) is 2.62. The maximum absolute atomic E-state index is 12.4. The van der Waals surface area contributed by atoms with E-state index in [9.17, 15) is 14.7 Å². The Labute approximate surface area is 146 Å². The van der Waals surface area contributed by atoms with E-state index in [0.717, 1.165) is 0 Å². The van der Waals surface area contributed by atoms with Crippen LogP contribution in [0.5, 0.6) is 11.5 Å². The maximum Gasteiger partial charge on any atom is 0.412 e. The van der Waals surface area contributed by atoms with E-state index in [4.69, 9.17) is 4.74 Å². The lowest BCUT2D eigenvalue weighted by molar-refractivity contribution is 0.0706. The van der Waals surface area contributed by atoms with Crippen molar-refractivity contribution in [1.82, 2.24) is 10.2 Å². The fraction of sp³-hybridized carbons (Fsp3) is 0.263. The van der Waals surface area contributed by atoms with Crippen molar-refractivity contribution in [2.24, 2.45) is 0 Å². The topological polar surface area (TPSA) is 78.9 Å². The minimum absolute atomic E-state index is 0.0237.